The summed E-state index contributed by atoms with van der Waals surface area (Å²) in [4.78, 5) is 16.5. The molecule has 0 N–H and O–H groups in total. The van der Waals surface area contributed by atoms with Crippen molar-refractivity contribution in [3.8, 4) is 5.75 Å². The minimum Gasteiger partial charge on any atom is -0.497 e. The fourth-order valence-corrected chi connectivity index (χ4v) is 4.60. The van der Waals surface area contributed by atoms with Gasteiger partial charge in [0.25, 0.3) is 0 Å². The smallest absolute Gasteiger partial charge is 0.410 e. The van der Waals surface area contributed by atoms with Gasteiger partial charge in [0.05, 0.1) is 13.7 Å². The van der Waals surface area contributed by atoms with Gasteiger partial charge in [0, 0.05) is 18.1 Å². The van der Waals surface area contributed by atoms with Gasteiger partial charge in [-0.3, -0.25) is 4.90 Å². The van der Waals surface area contributed by atoms with Crippen molar-refractivity contribution < 1.29 is 14.3 Å². The highest BCUT2D eigenvalue weighted by molar-refractivity contribution is 6.31. The number of hydrogen-bond acceptors (Lipinski definition) is 4. The van der Waals surface area contributed by atoms with Crippen LogP contribution in [-0.4, -0.2) is 55.3 Å². The lowest BCUT2D eigenvalue weighted by Crippen LogP contribution is -2.40. The molecule has 1 atom stereocenters. The van der Waals surface area contributed by atoms with Gasteiger partial charge in [-0.2, -0.15) is 0 Å². The third kappa shape index (κ3) is 5.27. The number of cyclic esters (lactones) is 1. The van der Waals surface area contributed by atoms with Crippen LogP contribution in [0.5, 0.6) is 5.75 Å². The summed E-state index contributed by atoms with van der Waals surface area (Å²) in [5.41, 5.74) is 2.29. The van der Waals surface area contributed by atoms with Crippen molar-refractivity contribution in [1.29, 1.82) is 0 Å². The topological polar surface area (TPSA) is 42.0 Å². The Bertz CT molecular complexity index is 853. The molecule has 0 spiro atoms. The highest BCUT2D eigenvalue weighted by atomic mass is 35.5. The van der Waals surface area contributed by atoms with E-state index in [9.17, 15) is 4.79 Å². The van der Waals surface area contributed by atoms with Gasteiger partial charge in [0.15, 0.2) is 0 Å². The molecule has 2 aromatic carbocycles. The van der Waals surface area contributed by atoms with Crippen LogP contribution < -0.4 is 4.74 Å². The number of rotatable bonds is 7. The molecule has 2 aromatic rings. The molecule has 2 aliphatic heterocycles. The van der Waals surface area contributed by atoms with E-state index in [-0.39, 0.29) is 12.2 Å². The number of benzene rings is 2. The quantitative estimate of drug-likeness (QED) is 0.645. The Morgan fingerprint density at radius 1 is 1.13 bits per heavy atom. The first-order valence-corrected chi connectivity index (χ1v) is 11.0. The summed E-state index contributed by atoms with van der Waals surface area (Å²) in [6.45, 7) is 4.13. The van der Waals surface area contributed by atoms with E-state index in [0.29, 0.717) is 19.0 Å². The molecule has 0 aromatic heterocycles. The number of halogens is 1. The van der Waals surface area contributed by atoms with Gasteiger partial charge in [-0.15, -0.1) is 0 Å². The van der Waals surface area contributed by atoms with Crippen LogP contribution in [0, 0.1) is 5.92 Å². The van der Waals surface area contributed by atoms with E-state index in [1.54, 1.807) is 12.0 Å². The molecule has 0 saturated carbocycles. The van der Waals surface area contributed by atoms with E-state index in [2.05, 4.69) is 4.90 Å². The molecule has 4 rings (SSSR count). The third-order valence-corrected chi connectivity index (χ3v) is 6.47. The minimum absolute atomic E-state index is 0.0504. The van der Waals surface area contributed by atoms with Crippen molar-refractivity contribution >= 4 is 17.7 Å². The maximum Gasteiger partial charge on any atom is 0.410 e. The lowest BCUT2D eigenvalue weighted by atomic mass is 9.90. The predicted octanol–water partition coefficient (Wildman–Crippen LogP) is 4.62. The lowest BCUT2D eigenvalue weighted by Gasteiger charge is -2.33. The van der Waals surface area contributed by atoms with E-state index in [0.717, 1.165) is 60.8 Å². The number of amides is 1. The van der Waals surface area contributed by atoms with Crippen LogP contribution >= 0.6 is 11.6 Å². The van der Waals surface area contributed by atoms with Gasteiger partial charge in [-0.05, 0) is 67.6 Å². The molecule has 2 fully saturated rings. The molecule has 1 amide bonds. The highest BCUT2D eigenvalue weighted by Gasteiger charge is 2.33. The van der Waals surface area contributed by atoms with Crippen LogP contribution in [0.3, 0.4) is 0 Å². The zero-order valence-corrected chi connectivity index (χ0v) is 18.2. The fraction of sp³-hybridized carbons (Fsp3) is 0.458. The largest absolute Gasteiger partial charge is 0.497 e. The Kier molecular flexibility index (Phi) is 6.80. The van der Waals surface area contributed by atoms with E-state index in [1.165, 1.54) is 0 Å². The van der Waals surface area contributed by atoms with Gasteiger partial charge in [-0.25, -0.2) is 4.79 Å². The highest BCUT2D eigenvalue weighted by Crippen LogP contribution is 2.29. The summed E-state index contributed by atoms with van der Waals surface area (Å²) in [6, 6.07) is 15.9. The van der Waals surface area contributed by atoms with Crippen molar-refractivity contribution in [2.45, 2.75) is 31.9 Å². The zero-order valence-electron chi connectivity index (χ0n) is 17.4. The van der Waals surface area contributed by atoms with Crippen molar-refractivity contribution in [3.05, 3.63) is 64.7 Å². The van der Waals surface area contributed by atoms with Gasteiger partial charge < -0.3 is 14.4 Å². The van der Waals surface area contributed by atoms with Crippen molar-refractivity contribution in [2.75, 3.05) is 33.3 Å². The number of ether oxygens (including phenoxy) is 2. The summed E-state index contributed by atoms with van der Waals surface area (Å²) >= 11 is 6.38. The first kappa shape index (κ1) is 21.0. The monoisotopic (exact) mass is 428 g/mol. The average Bonchev–Trinajstić information content (AvgIpc) is 3.10. The molecule has 5 nitrogen and oxygen atoms in total. The van der Waals surface area contributed by atoms with E-state index >= 15 is 0 Å². The molecule has 0 bridgehead atoms. The van der Waals surface area contributed by atoms with Crippen molar-refractivity contribution in [1.82, 2.24) is 9.80 Å². The van der Waals surface area contributed by atoms with Crippen LogP contribution in [0.15, 0.2) is 48.5 Å². The van der Waals surface area contributed by atoms with Crippen LogP contribution in [0.1, 0.15) is 24.0 Å². The standard InChI is InChI=1S/C24H29ClN2O3/c1-29-21-7-8-23(25)20(14-21)13-18-9-11-26(12-10-18)16-22-17-27(24(28)30-22)15-19-5-3-2-4-6-19/h2-8,14,18,22H,9-13,15-17H2,1H3. The third-order valence-electron chi connectivity index (χ3n) is 6.10. The first-order valence-electron chi connectivity index (χ1n) is 10.6. The van der Waals surface area contributed by atoms with E-state index in [1.807, 2.05) is 48.5 Å². The summed E-state index contributed by atoms with van der Waals surface area (Å²) in [7, 11) is 1.68. The normalized spacial score (nSPS) is 20.4. The van der Waals surface area contributed by atoms with Crippen molar-refractivity contribution in [2.24, 2.45) is 5.92 Å². The molecule has 0 radical (unpaired) electrons. The summed E-state index contributed by atoms with van der Waals surface area (Å²) in [5.74, 6) is 1.47. The molecule has 0 aliphatic carbocycles. The summed E-state index contributed by atoms with van der Waals surface area (Å²) in [6.07, 6.45) is 2.98. The molecule has 2 heterocycles. The molecule has 6 heteroatoms. The maximum absolute atomic E-state index is 12.2. The SMILES string of the molecule is COc1ccc(Cl)c(CC2CCN(CC3CN(Cc4ccccc4)C(=O)O3)CC2)c1. The van der Waals surface area contributed by atoms with E-state index in [4.69, 9.17) is 21.1 Å². The molecule has 1 unspecified atom stereocenters. The van der Waals surface area contributed by atoms with Gasteiger partial charge in [0.2, 0.25) is 0 Å². The molecule has 160 valence electrons. The first-order chi connectivity index (χ1) is 14.6. The Balaban J connectivity index is 1.24. The number of hydrogen-bond donors (Lipinski definition) is 0. The van der Waals surface area contributed by atoms with Gasteiger partial charge in [-0.1, -0.05) is 41.9 Å². The second-order valence-electron chi connectivity index (χ2n) is 8.28. The summed E-state index contributed by atoms with van der Waals surface area (Å²) in [5, 5.41) is 0.814. The lowest BCUT2D eigenvalue weighted by molar-refractivity contribution is 0.0904. The van der Waals surface area contributed by atoms with E-state index < -0.39 is 0 Å². The van der Waals surface area contributed by atoms with Crippen LogP contribution in [0.2, 0.25) is 5.02 Å². The Morgan fingerprint density at radius 3 is 2.63 bits per heavy atom. The summed E-state index contributed by atoms with van der Waals surface area (Å²) < 4.78 is 11.0. The maximum atomic E-state index is 12.2. The second kappa shape index (κ2) is 9.71. The zero-order chi connectivity index (χ0) is 20.9. The number of nitrogens with zero attached hydrogens (tertiary/aromatic N) is 2. The number of methoxy groups -OCH3 is 1. The van der Waals surface area contributed by atoms with Gasteiger partial charge in [0.1, 0.15) is 11.9 Å². The Morgan fingerprint density at radius 2 is 1.90 bits per heavy atom. The second-order valence-corrected chi connectivity index (χ2v) is 8.68. The molecule has 2 aliphatic rings. The molecule has 2 saturated heterocycles. The number of carbonyl (C=O) groups excluding carboxylic acids is 1. The van der Waals surface area contributed by atoms with Crippen LogP contribution in [0.4, 0.5) is 4.79 Å². The molecular weight excluding hydrogens is 400 g/mol. The Labute approximate surface area is 183 Å². The fourth-order valence-electron chi connectivity index (χ4n) is 4.41. The molecular formula is C24H29ClN2O3. The molecule has 30 heavy (non-hydrogen) atoms. The number of carbonyl (C=O) groups is 1. The van der Waals surface area contributed by atoms with Crippen LogP contribution in [0.25, 0.3) is 0 Å². The Hall–Kier alpha value is -2.24. The van der Waals surface area contributed by atoms with Gasteiger partial charge >= 0.3 is 6.09 Å². The predicted molar refractivity (Wildman–Crippen MR) is 118 cm³/mol. The van der Waals surface area contributed by atoms with Crippen LogP contribution in [-0.2, 0) is 17.7 Å². The minimum atomic E-state index is -0.202. The number of piperidine rings is 1. The number of likely N-dealkylation sites (tertiary alicyclic amines) is 1. The average molecular weight is 429 g/mol. The van der Waals surface area contributed by atoms with Crippen molar-refractivity contribution in [3.63, 3.8) is 0 Å².